The first-order valence-corrected chi connectivity index (χ1v) is 5.72. The number of carbonyl (C=O) groups is 1. The Hall–Kier alpha value is -1.17. The molecule has 92 valence electrons. The summed E-state index contributed by atoms with van der Waals surface area (Å²) >= 11 is 4.07. The van der Waals surface area contributed by atoms with Crippen LogP contribution >= 0.6 is 12.6 Å². The summed E-state index contributed by atoms with van der Waals surface area (Å²) in [7, 11) is 0. The number of carbonyl (C=O) groups excluding carboxylic acids is 1. The lowest BCUT2D eigenvalue weighted by molar-refractivity contribution is -0.117. The van der Waals surface area contributed by atoms with Crippen molar-refractivity contribution < 1.29 is 18.0 Å². The van der Waals surface area contributed by atoms with Crippen molar-refractivity contribution in [1.82, 2.24) is 0 Å². The second-order valence-electron chi connectivity index (χ2n) is 3.95. The van der Waals surface area contributed by atoms with E-state index in [1.165, 1.54) is 0 Å². The molecule has 2 nitrogen and oxygen atoms in total. The molecule has 0 aliphatic carbocycles. The highest BCUT2D eigenvalue weighted by molar-refractivity contribution is 7.80. The number of thiol groups is 1. The van der Waals surface area contributed by atoms with Gasteiger partial charge >= 0.3 is 0 Å². The largest absolute Gasteiger partial charge is 0.309 e. The number of nitrogens with zero attached hydrogens (tertiary/aromatic N) is 1. The zero-order chi connectivity index (χ0) is 12.6. The molecule has 1 heterocycles. The van der Waals surface area contributed by atoms with Crippen LogP contribution in [0.1, 0.15) is 6.42 Å². The second kappa shape index (κ2) is 4.60. The summed E-state index contributed by atoms with van der Waals surface area (Å²) in [5.74, 6) is -3.92. The molecule has 1 amide bonds. The van der Waals surface area contributed by atoms with Crippen molar-refractivity contribution in [2.75, 3.05) is 17.2 Å². The van der Waals surface area contributed by atoms with Crippen molar-refractivity contribution in [3.8, 4) is 0 Å². The van der Waals surface area contributed by atoms with E-state index in [1.807, 2.05) is 0 Å². The predicted octanol–water partition coefficient (Wildman–Crippen LogP) is 2.39. The quantitative estimate of drug-likeness (QED) is 0.640. The normalized spacial score (nSPS) is 20.1. The lowest BCUT2D eigenvalue weighted by atomic mass is 10.1. The minimum atomic E-state index is -1.55. The Morgan fingerprint density at radius 1 is 1.29 bits per heavy atom. The topological polar surface area (TPSA) is 20.3 Å². The second-order valence-corrected chi connectivity index (χ2v) is 4.32. The van der Waals surface area contributed by atoms with Crippen LogP contribution in [0.15, 0.2) is 12.1 Å². The molecule has 6 heteroatoms. The highest BCUT2D eigenvalue weighted by Gasteiger charge is 2.32. The molecule has 1 unspecified atom stereocenters. The van der Waals surface area contributed by atoms with Crippen molar-refractivity contribution in [3.63, 3.8) is 0 Å². The van der Waals surface area contributed by atoms with Gasteiger partial charge in [-0.25, -0.2) is 13.2 Å². The molecule has 17 heavy (non-hydrogen) atoms. The summed E-state index contributed by atoms with van der Waals surface area (Å²) < 4.78 is 39.3. The van der Waals surface area contributed by atoms with E-state index in [0.717, 1.165) is 17.0 Å². The Kier molecular flexibility index (Phi) is 3.33. The number of hydrogen-bond acceptors (Lipinski definition) is 2. The standard InChI is InChI=1S/C11H10F3NOS/c12-7-1-2-8(11(14)10(7)13)15-4-6(5-17)3-9(15)16/h1-2,6,17H,3-5H2. The van der Waals surface area contributed by atoms with Crippen LogP contribution in [0.5, 0.6) is 0 Å². The van der Waals surface area contributed by atoms with Gasteiger partial charge in [-0.05, 0) is 23.8 Å². The van der Waals surface area contributed by atoms with Gasteiger partial charge in [0.15, 0.2) is 17.5 Å². The molecular formula is C11H10F3NOS. The van der Waals surface area contributed by atoms with Crippen LogP contribution in [-0.4, -0.2) is 18.2 Å². The molecule has 0 radical (unpaired) electrons. The van der Waals surface area contributed by atoms with Crippen molar-refractivity contribution >= 4 is 24.2 Å². The van der Waals surface area contributed by atoms with Crippen LogP contribution in [0.3, 0.4) is 0 Å². The van der Waals surface area contributed by atoms with Crippen LogP contribution in [0, 0.1) is 23.4 Å². The van der Waals surface area contributed by atoms with E-state index in [1.54, 1.807) is 0 Å². The Labute approximate surface area is 102 Å². The number of rotatable bonds is 2. The van der Waals surface area contributed by atoms with E-state index >= 15 is 0 Å². The zero-order valence-corrected chi connectivity index (χ0v) is 9.68. The molecule has 1 aliphatic rings. The van der Waals surface area contributed by atoms with Crippen molar-refractivity contribution in [1.29, 1.82) is 0 Å². The van der Waals surface area contributed by atoms with Gasteiger partial charge in [-0.2, -0.15) is 12.6 Å². The van der Waals surface area contributed by atoms with Gasteiger partial charge in [0.05, 0.1) is 5.69 Å². The summed E-state index contributed by atoms with van der Waals surface area (Å²) in [4.78, 5) is 12.7. The summed E-state index contributed by atoms with van der Waals surface area (Å²) in [6.07, 6.45) is 0.252. The Morgan fingerprint density at radius 3 is 2.59 bits per heavy atom. The van der Waals surface area contributed by atoms with Crippen molar-refractivity contribution in [2.45, 2.75) is 6.42 Å². The predicted molar refractivity (Wildman–Crippen MR) is 60.6 cm³/mol. The van der Waals surface area contributed by atoms with Crippen molar-refractivity contribution in [3.05, 3.63) is 29.6 Å². The molecular weight excluding hydrogens is 251 g/mol. The third kappa shape index (κ3) is 2.13. The fourth-order valence-corrected chi connectivity index (χ4v) is 2.11. The van der Waals surface area contributed by atoms with Crippen molar-refractivity contribution in [2.24, 2.45) is 5.92 Å². The fraction of sp³-hybridized carbons (Fsp3) is 0.364. The van der Waals surface area contributed by atoms with Crippen LogP contribution < -0.4 is 4.90 Å². The summed E-state index contributed by atoms with van der Waals surface area (Å²) in [5.41, 5.74) is -0.210. The Bertz CT molecular complexity index is 466. The van der Waals surface area contributed by atoms with Crippen LogP contribution in [0.2, 0.25) is 0 Å². The highest BCUT2D eigenvalue weighted by atomic mass is 32.1. The van der Waals surface area contributed by atoms with Crippen LogP contribution in [-0.2, 0) is 4.79 Å². The number of anilines is 1. The fourth-order valence-electron chi connectivity index (χ4n) is 1.86. The third-order valence-electron chi connectivity index (χ3n) is 2.77. The molecule has 1 saturated heterocycles. The molecule has 0 aromatic heterocycles. The molecule has 2 rings (SSSR count). The monoisotopic (exact) mass is 261 g/mol. The molecule has 1 aliphatic heterocycles. The maximum Gasteiger partial charge on any atom is 0.227 e. The van der Waals surface area contributed by atoms with Gasteiger partial charge in [-0.1, -0.05) is 0 Å². The summed E-state index contributed by atoms with van der Waals surface area (Å²) in [6.45, 7) is 0.282. The lowest BCUT2D eigenvalue weighted by Gasteiger charge is -2.17. The molecule has 0 bridgehead atoms. The smallest absolute Gasteiger partial charge is 0.227 e. The van der Waals surface area contributed by atoms with Gasteiger partial charge in [0.2, 0.25) is 5.91 Å². The van der Waals surface area contributed by atoms with Gasteiger partial charge < -0.3 is 4.90 Å². The minimum absolute atomic E-state index is 0.0124. The summed E-state index contributed by atoms with van der Waals surface area (Å²) in [6, 6.07) is 1.89. The molecule has 0 N–H and O–H groups in total. The average molecular weight is 261 g/mol. The van der Waals surface area contributed by atoms with Gasteiger partial charge in [0.1, 0.15) is 0 Å². The third-order valence-corrected chi connectivity index (χ3v) is 3.29. The van der Waals surface area contributed by atoms with Gasteiger partial charge in [0.25, 0.3) is 0 Å². The molecule has 0 spiro atoms. The van der Waals surface area contributed by atoms with E-state index in [2.05, 4.69) is 12.6 Å². The molecule has 1 fully saturated rings. The average Bonchev–Trinajstić information content (AvgIpc) is 2.68. The minimum Gasteiger partial charge on any atom is -0.309 e. The zero-order valence-electron chi connectivity index (χ0n) is 8.79. The first-order valence-electron chi connectivity index (χ1n) is 5.09. The van der Waals surface area contributed by atoms with Gasteiger partial charge in [0, 0.05) is 13.0 Å². The highest BCUT2D eigenvalue weighted by Crippen LogP contribution is 2.29. The maximum atomic E-state index is 13.5. The van der Waals surface area contributed by atoms with Gasteiger partial charge in [-0.3, -0.25) is 4.79 Å². The first-order chi connectivity index (χ1) is 8.04. The number of amides is 1. The Balaban J connectivity index is 2.35. The van der Waals surface area contributed by atoms with E-state index in [-0.39, 0.29) is 30.5 Å². The number of hydrogen-bond donors (Lipinski definition) is 1. The first kappa shape index (κ1) is 12.3. The molecule has 1 aromatic carbocycles. The lowest BCUT2D eigenvalue weighted by Crippen LogP contribution is -2.26. The SMILES string of the molecule is O=C1CC(CS)CN1c1ccc(F)c(F)c1F. The van der Waals surface area contributed by atoms with E-state index in [4.69, 9.17) is 0 Å². The molecule has 0 saturated carbocycles. The van der Waals surface area contributed by atoms with Crippen LogP contribution in [0.25, 0.3) is 0 Å². The van der Waals surface area contributed by atoms with E-state index < -0.39 is 17.5 Å². The number of halogens is 3. The van der Waals surface area contributed by atoms with E-state index in [0.29, 0.717) is 5.75 Å². The van der Waals surface area contributed by atoms with E-state index in [9.17, 15) is 18.0 Å². The van der Waals surface area contributed by atoms with Gasteiger partial charge in [-0.15, -0.1) is 0 Å². The molecule has 1 aromatic rings. The number of benzene rings is 1. The van der Waals surface area contributed by atoms with Crippen LogP contribution in [0.4, 0.5) is 18.9 Å². The summed E-state index contributed by atoms with van der Waals surface area (Å²) in [5, 5.41) is 0. The molecule has 1 atom stereocenters. The maximum absolute atomic E-state index is 13.5. The Morgan fingerprint density at radius 2 is 2.00 bits per heavy atom.